The third-order valence-electron chi connectivity index (χ3n) is 6.19. The van der Waals surface area contributed by atoms with Gasteiger partial charge in [-0.2, -0.15) is 0 Å². The third kappa shape index (κ3) is 4.96. The monoisotopic (exact) mass is 474 g/mol. The maximum absolute atomic E-state index is 13.6. The van der Waals surface area contributed by atoms with E-state index < -0.39 is 23.0 Å². The van der Waals surface area contributed by atoms with E-state index in [9.17, 15) is 24.6 Å². The zero-order chi connectivity index (χ0) is 25.1. The summed E-state index contributed by atoms with van der Waals surface area (Å²) in [7, 11) is 1.23. The van der Waals surface area contributed by atoms with Crippen LogP contribution >= 0.6 is 0 Å². The number of phenolic OH excluding ortho intramolecular Hbond substituents is 1. The number of hydrogen-bond donors (Lipinski definition) is 3. The standard InChI is InChI=1S/C27H26N2O6/c1-16-13-23(31)25(27(34)29(16)12-11-17-7-9-19(30)10-8-17)20(15-24(32)35-2)21-14-18-5-3-4-6-22(18)28-26(21)33/h3-10,13-14,20,30-31H,11-12,15H2,1-2H3,(H,28,33)/t20-/m1/s1. The Morgan fingerprint density at radius 1 is 1.06 bits per heavy atom. The summed E-state index contributed by atoms with van der Waals surface area (Å²) in [5.74, 6) is -1.75. The summed E-state index contributed by atoms with van der Waals surface area (Å²) < 4.78 is 6.35. The first-order valence-corrected chi connectivity index (χ1v) is 11.2. The highest BCUT2D eigenvalue weighted by Crippen LogP contribution is 2.32. The zero-order valence-electron chi connectivity index (χ0n) is 19.4. The fourth-order valence-electron chi connectivity index (χ4n) is 4.32. The van der Waals surface area contributed by atoms with E-state index in [0.717, 1.165) is 10.9 Å². The Morgan fingerprint density at radius 2 is 1.77 bits per heavy atom. The normalized spacial score (nSPS) is 11.9. The van der Waals surface area contributed by atoms with Crippen molar-refractivity contribution in [3.63, 3.8) is 0 Å². The lowest BCUT2D eigenvalue weighted by atomic mass is 9.88. The van der Waals surface area contributed by atoms with Gasteiger partial charge in [0.2, 0.25) is 0 Å². The van der Waals surface area contributed by atoms with Crippen LogP contribution in [0.1, 0.15) is 34.7 Å². The molecule has 8 heteroatoms. The van der Waals surface area contributed by atoms with Crippen LogP contribution in [0.2, 0.25) is 0 Å². The summed E-state index contributed by atoms with van der Waals surface area (Å²) >= 11 is 0. The van der Waals surface area contributed by atoms with Gasteiger partial charge in [-0.25, -0.2) is 0 Å². The molecule has 0 aliphatic heterocycles. The van der Waals surface area contributed by atoms with Crippen LogP contribution in [0.4, 0.5) is 0 Å². The highest BCUT2D eigenvalue weighted by atomic mass is 16.5. The fraction of sp³-hybridized carbons (Fsp3) is 0.222. The number of H-pyrrole nitrogens is 1. The number of nitrogens with one attached hydrogen (secondary N) is 1. The fourth-order valence-corrected chi connectivity index (χ4v) is 4.32. The minimum absolute atomic E-state index is 0.0347. The quantitative estimate of drug-likeness (QED) is 0.353. The molecule has 0 spiro atoms. The van der Waals surface area contributed by atoms with E-state index in [1.165, 1.54) is 17.7 Å². The van der Waals surface area contributed by atoms with E-state index in [4.69, 9.17) is 4.74 Å². The van der Waals surface area contributed by atoms with Gasteiger partial charge >= 0.3 is 5.97 Å². The number of carbonyl (C=O) groups excluding carboxylic acids is 1. The van der Waals surface area contributed by atoms with Crippen molar-refractivity contribution in [2.45, 2.75) is 32.2 Å². The molecular weight excluding hydrogens is 448 g/mol. The Bertz CT molecular complexity index is 1500. The molecule has 0 saturated heterocycles. The van der Waals surface area contributed by atoms with Crippen molar-refractivity contribution in [2.24, 2.45) is 0 Å². The summed E-state index contributed by atoms with van der Waals surface area (Å²) in [6.07, 6.45) is 0.214. The number of esters is 1. The molecule has 0 bridgehead atoms. The van der Waals surface area contributed by atoms with Crippen LogP contribution in [0.15, 0.2) is 70.3 Å². The summed E-state index contributed by atoms with van der Waals surface area (Å²) in [6, 6.07) is 17.0. The predicted molar refractivity (Wildman–Crippen MR) is 132 cm³/mol. The molecular formula is C27H26N2O6. The summed E-state index contributed by atoms with van der Waals surface area (Å²) in [6.45, 7) is 2.02. The molecule has 0 unspecified atom stereocenters. The molecule has 0 amide bonds. The Labute approximate surface area is 201 Å². The van der Waals surface area contributed by atoms with Gasteiger partial charge in [-0.05, 0) is 54.6 Å². The number of rotatable bonds is 7. The van der Waals surface area contributed by atoms with Gasteiger partial charge in [0, 0.05) is 29.2 Å². The smallest absolute Gasteiger partial charge is 0.306 e. The van der Waals surface area contributed by atoms with E-state index >= 15 is 0 Å². The number of aromatic amines is 1. The minimum Gasteiger partial charge on any atom is -0.508 e. The first-order valence-electron chi connectivity index (χ1n) is 11.2. The van der Waals surface area contributed by atoms with E-state index in [-0.39, 0.29) is 29.0 Å². The van der Waals surface area contributed by atoms with Crippen molar-refractivity contribution in [1.82, 2.24) is 9.55 Å². The number of methoxy groups -OCH3 is 1. The number of benzene rings is 2. The molecule has 1 atom stereocenters. The summed E-state index contributed by atoms with van der Waals surface area (Å²) in [5.41, 5.74) is 1.30. The number of carbonyl (C=O) groups is 1. The van der Waals surface area contributed by atoms with Crippen LogP contribution < -0.4 is 11.1 Å². The van der Waals surface area contributed by atoms with Crippen LogP contribution in [-0.4, -0.2) is 32.8 Å². The second-order valence-electron chi connectivity index (χ2n) is 8.43. The summed E-state index contributed by atoms with van der Waals surface area (Å²) in [4.78, 5) is 41.8. The molecule has 4 rings (SSSR count). The highest BCUT2D eigenvalue weighted by molar-refractivity contribution is 5.79. The number of aromatic nitrogens is 2. The van der Waals surface area contributed by atoms with E-state index in [0.29, 0.717) is 24.2 Å². The average molecular weight is 475 g/mol. The molecule has 0 radical (unpaired) electrons. The largest absolute Gasteiger partial charge is 0.508 e. The Morgan fingerprint density at radius 3 is 2.49 bits per heavy atom. The molecule has 4 aromatic rings. The van der Waals surface area contributed by atoms with Crippen LogP contribution in [-0.2, 0) is 22.5 Å². The van der Waals surface area contributed by atoms with Crippen molar-refractivity contribution in [3.05, 3.63) is 104 Å². The summed E-state index contributed by atoms with van der Waals surface area (Å²) in [5, 5.41) is 21.1. The molecule has 8 nitrogen and oxygen atoms in total. The Balaban J connectivity index is 1.83. The number of para-hydroxylation sites is 1. The van der Waals surface area contributed by atoms with Gasteiger partial charge in [-0.3, -0.25) is 14.4 Å². The molecule has 2 aromatic heterocycles. The molecule has 0 aliphatic carbocycles. The zero-order valence-corrected chi connectivity index (χ0v) is 19.4. The lowest BCUT2D eigenvalue weighted by Crippen LogP contribution is -2.31. The number of aryl methyl sites for hydroxylation is 2. The van der Waals surface area contributed by atoms with Gasteiger partial charge in [0.1, 0.15) is 11.5 Å². The lowest BCUT2D eigenvalue weighted by molar-refractivity contribution is -0.140. The third-order valence-corrected chi connectivity index (χ3v) is 6.19. The van der Waals surface area contributed by atoms with Crippen LogP contribution in [0.3, 0.4) is 0 Å². The maximum Gasteiger partial charge on any atom is 0.306 e. The predicted octanol–water partition coefficient (Wildman–Crippen LogP) is 3.35. The molecule has 0 saturated carbocycles. The number of aromatic hydroxyl groups is 2. The second-order valence-corrected chi connectivity index (χ2v) is 8.43. The van der Waals surface area contributed by atoms with Crippen LogP contribution in [0.5, 0.6) is 11.5 Å². The molecule has 2 heterocycles. The minimum atomic E-state index is -1.01. The van der Waals surface area contributed by atoms with E-state index in [1.54, 1.807) is 49.4 Å². The topological polar surface area (TPSA) is 122 Å². The van der Waals surface area contributed by atoms with E-state index in [2.05, 4.69) is 4.98 Å². The lowest BCUT2D eigenvalue weighted by Gasteiger charge is -2.20. The highest BCUT2D eigenvalue weighted by Gasteiger charge is 2.28. The molecule has 180 valence electrons. The van der Waals surface area contributed by atoms with Crippen molar-refractivity contribution in [2.75, 3.05) is 7.11 Å². The first-order chi connectivity index (χ1) is 16.8. The molecule has 3 N–H and O–H groups in total. The van der Waals surface area contributed by atoms with Gasteiger partial charge in [-0.15, -0.1) is 0 Å². The van der Waals surface area contributed by atoms with Gasteiger partial charge in [0.05, 0.1) is 19.1 Å². The number of hydrogen-bond acceptors (Lipinski definition) is 6. The molecule has 0 aliphatic rings. The van der Waals surface area contributed by atoms with Gasteiger partial charge in [-0.1, -0.05) is 30.3 Å². The number of phenols is 1. The number of ether oxygens (including phenoxy) is 1. The number of fused-ring (bicyclic) bond motifs is 1. The van der Waals surface area contributed by atoms with Crippen molar-refractivity contribution >= 4 is 16.9 Å². The molecule has 0 fully saturated rings. The molecule has 35 heavy (non-hydrogen) atoms. The van der Waals surface area contributed by atoms with Crippen molar-refractivity contribution in [1.29, 1.82) is 0 Å². The van der Waals surface area contributed by atoms with Crippen molar-refractivity contribution in [3.8, 4) is 11.5 Å². The maximum atomic E-state index is 13.6. The van der Waals surface area contributed by atoms with Crippen LogP contribution in [0, 0.1) is 6.92 Å². The Kier molecular flexibility index (Phi) is 6.73. The average Bonchev–Trinajstić information content (AvgIpc) is 2.83. The van der Waals surface area contributed by atoms with Gasteiger partial charge in [0.15, 0.2) is 0 Å². The first kappa shape index (κ1) is 23.8. The van der Waals surface area contributed by atoms with E-state index in [1.807, 2.05) is 12.1 Å². The van der Waals surface area contributed by atoms with Crippen LogP contribution in [0.25, 0.3) is 10.9 Å². The second kappa shape index (κ2) is 9.89. The number of pyridine rings is 2. The van der Waals surface area contributed by atoms with Crippen molar-refractivity contribution < 1.29 is 19.7 Å². The SMILES string of the molecule is COC(=O)C[C@H](c1cc2ccccc2[nH]c1=O)c1c(O)cc(C)n(CCc2ccc(O)cc2)c1=O. The van der Waals surface area contributed by atoms with Gasteiger partial charge in [0.25, 0.3) is 11.1 Å². The Hall–Kier alpha value is -4.33. The van der Waals surface area contributed by atoms with Gasteiger partial charge < -0.3 is 24.5 Å². The molecule has 2 aromatic carbocycles. The number of nitrogens with zero attached hydrogens (tertiary/aromatic N) is 1.